The molecule has 1 N–H and O–H groups in total. The van der Waals surface area contributed by atoms with Crippen LogP contribution in [-0.2, 0) is 0 Å². The van der Waals surface area contributed by atoms with Gasteiger partial charge in [0.15, 0.2) is 0 Å². The van der Waals surface area contributed by atoms with E-state index in [0.29, 0.717) is 12.2 Å². The van der Waals surface area contributed by atoms with Gasteiger partial charge in [-0.25, -0.2) is 4.39 Å². The zero-order chi connectivity index (χ0) is 9.68. The first kappa shape index (κ1) is 9.99. The highest BCUT2D eigenvalue weighted by Crippen LogP contribution is 2.19. The molecule has 0 heterocycles. The Balaban J connectivity index is 2.69. The standard InChI is InChI=1S/C10H13FO2/c1-2-13-9-5-3-8(4-6-9)10(11)7-12/h3-6,10,12H,2,7H2,1H3. The Morgan fingerprint density at radius 1 is 1.38 bits per heavy atom. The van der Waals surface area contributed by atoms with E-state index >= 15 is 0 Å². The maximum absolute atomic E-state index is 12.9. The minimum atomic E-state index is -1.30. The number of halogens is 1. The molecular weight excluding hydrogens is 171 g/mol. The Morgan fingerprint density at radius 3 is 2.46 bits per heavy atom. The molecule has 3 heteroatoms. The molecule has 0 saturated heterocycles. The van der Waals surface area contributed by atoms with Crippen molar-refractivity contribution in [1.29, 1.82) is 0 Å². The van der Waals surface area contributed by atoms with Gasteiger partial charge in [0.05, 0.1) is 13.2 Å². The number of hydrogen-bond donors (Lipinski definition) is 1. The van der Waals surface area contributed by atoms with Gasteiger partial charge in [-0.2, -0.15) is 0 Å². The van der Waals surface area contributed by atoms with Crippen molar-refractivity contribution in [3.8, 4) is 5.75 Å². The van der Waals surface area contributed by atoms with E-state index in [9.17, 15) is 4.39 Å². The van der Waals surface area contributed by atoms with Crippen LogP contribution in [0.15, 0.2) is 24.3 Å². The molecule has 1 aromatic carbocycles. The molecule has 1 atom stereocenters. The van der Waals surface area contributed by atoms with E-state index in [1.807, 2.05) is 6.92 Å². The summed E-state index contributed by atoms with van der Waals surface area (Å²) < 4.78 is 18.1. The van der Waals surface area contributed by atoms with Gasteiger partial charge < -0.3 is 9.84 Å². The number of rotatable bonds is 4. The number of aliphatic hydroxyl groups excluding tert-OH is 1. The zero-order valence-electron chi connectivity index (χ0n) is 7.53. The average molecular weight is 184 g/mol. The summed E-state index contributed by atoms with van der Waals surface area (Å²) in [5, 5.41) is 8.55. The van der Waals surface area contributed by atoms with E-state index in [0.717, 1.165) is 5.75 Å². The molecule has 0 saturated carbocycles. The van der Waals surface area contributed by atoms with E-state index in [2.05, 4.69) is 0 Å². The molecule has 13 heavy (non-hydrogen) atoms. The number of aliphatic hydroxyl groups is 1. The summed E-state index contributed by atoms with van der Waals surface area (Å²) in [4.78, 5) is 0. The predicted molar refractivity (Wildman–Crippen MR) is 48.5 cm³/mol. The monoisotopic (exact) mass is 184 g/mol. The summed E-state index contributed by atoms with van der Waals surface area (Å²) in [5.74, 6) is 0.719. The van der Waals surface area contributed by atoms with Gasteiger partial charge in [-0.05, 0) is 24.6 Å². The first-order valence-electron chi connectivity index (χ1n) is 4.25. The smallest absolute Gasteiger partial charge is 0.148 e. The van der Waals surface area contributed by atoms with E-state index in [1.165, 1.54) is 0 Å². The maximum atomic E-state index is 12.9. The lowest BCUT2D eigenvalue weighted by Gasteiger charge is -2.06. The quantitative estimate of drug-likeness (QED) is 0.776. The minimum absolute atomic E-state index is 0.478. The molecular formula is C10H13FO2. The highest BCUT2D eigenvalue weighted by molar-refractivity contribution is 5.28. The SMILES string of the molecule is CCOc1ccc(C(F)CO)cc1. The van der Waals surface area contributed by atoms with Crippen LogP contribution in [0.4, 0.5) is 4.39 Å². The van der Waals surface area contributed by atoms with E-state index < -0.39 is 12.8 Å². The van der Waals surface area contributed by atoms with Crippen LogP contribution in [0.1, 0.15) is 18.7 Å². The zero-order valence-corrected chi connectivity index (χ0v) is 7.53. The highest BCUT2D eigenvalue weighted by Gasteiger charge is 2.06. The molecule has 2 nitrogen and oxygen atoms in total. The van der Waals surface area contributed by atoms with Crippen LogP contribution in [0.3, 0.4) is 0 Å². The molecule has 0 aliphatic carbocycles. The Hall–Kier alpha value is -1.09. The van der Waals surface area contributed by atoms with Crippen molar-refractivity contribution in [1.82, 2.24) is 0 Å². The first-order chi connectivity index (χ1) is 6.27. The second kappa shape index (κ2) is 4.82. The minimum Gasteiger partial charge on any atom is -0.494 e. The van der Waals surface area contributed by atoms with Gasteiger partial charge in [-0.3, -0.25) is 0 Å². The molecule has 1 aromatic rings. The van der Waals surface area contributed by atoms with Crippen LogP contribution < -0.4 is 4.74 Å². The van der Waals surface area contributed by atoms with Crippen molar-refractivity contribution >= 4 is 0 Å². The molecule has 72 valence electrons. The fraction of sp³-hybridized carbons (Fsp3) is 0.400. The van der Waals surface area contributed by atoms with Crippen LogP contribution in [-0.4, -0.2) is 18.3 Å². The lowest BCUT2D eigenvalue weighted by molar-refractivity contribution is 0.180. The van der Waals surface area contributed by atoms with Gasteiger partial charge in [0.2, 0.25) is 0 Å². The first-order valence-corrected chi connectivity index (χ1v) is 4.25. The van der Waals surface area contributed by atoms with E-state index in [1.54, 1.807) is 24.3 Å². The Kier molecular flexibility index (Phi) is 3.71. The maximum Gasteiger partial charge on any atom is 0.148 e. The fourth-order valence-corrected chi connectivity index (χ4v) is 1.04. The third-order valence-electron chi connectivity index (χ3n) is 1.71. The summed E-state index contributed by atoms with van der Waals surface area (Å²) in [6.07, 6.45) is -1.30. The summed E-state index contributed by atoms with van der Waals surface area (Å²) in [7, 11) is 0. The molecule has 1 unspecified atom stereocenters. The van der Waals surface area contributed by atoms with Crippen LogP contribution in [0.5, 0.6) is 5.75 Å². The summed E-state index contributed by atoms with van der Waals surface area (Å²) in [6, 6.07) is 6.62. The van der Waals surface area contributed by atoms with Gasteiger partial charge in [-0.15, -0.1) is 0 Å². The second-order valence-electron chi connectivity index (χ2n) is 2.65. The highest BCUT2D eigenvalue weighted by atomic mass is 19.1. The summed E-state index contributed by atoms with van der Waals surface area (Å²) in [6.45, 7) is 2.01. The molecule has 0 bridgehead atoms. The number of alkyl halides is 1. The van der Waals surface area contributed by atoms with E-state index in [4.69, 9.17) is 9.84 Å². The lowest BCUT2D eigenvalue weighted by atomic mass is 10.1. The Bertz CT molecular complexity index is 246. The predicted octanol–water partition coefficient (Wildman–Crippen LogP) is 2.09. The van der Waals surface area contributed by atoms with Crippen molar-refractivity contribution in [2.45, 2.75) is 13.1 Å². The van der Waals surface area contributed by atoms with Gasteiger partial charge in [0.25, 0.3) is 0 Å². The molecule has 0 radical (unpaired) electrons. The van der Waals surface area contributed by atoms with Gasteiger partial charge in [-0.1, -0.05) is 12.1 Å². The van der Waals surface area contributed by atoms with Gasteiger partial charge >= 0.3 is 0 Å². The number of hydrogen-bond acceptors (Lipinski definition) is 2. The average Bonchev–Trinajstić information content (AvgIpc) is 2.18. The summed E-state index contributed by atoms with van der Waals surface area (Å²) >= 11 is 0. The summed E-state index contributed by atoms with van der Waals surface area (Å²) in [5.41, 5.74) is 0.478. The van der Waals surface area contributed by atoms with Crippen molar-refractivity contribution < 1.29 is 14.2 Å². The molecule has 0 fully saturated rings. The largest absolute Gasteiger partial charge is 0.494 e. The molecule has 0 amide bonds. The van der Waals surface area contributed by atoms with Crippen LogP contribution in [0.2, 0.25) is 0 Å². The Morgan fingerprint density at radius 2 is 2.00 bits per heavy atom. The normalized spacial score (nSPS) is 12.5. The molecule has 0 aromatic heterocycles. The second-order valence-corrected chi connectivity index (χ2v) is 2.65. The van der Waals surface area contributed by atoms with Gasteiger partial charge in [0, 0.05) is 0 Å². The third kappa shape index (κ3) is 2.70. The number of benzene rings is 1. The fourth-order valence-electron chi connectivity index (χ4n) is 1.04. The molecule has 0 aliphatic rings. The van der Waals surface area contributed by atoms with Crippen molar-refractivity contribution in [2.24, 2.45) is 0 Å². The Labute approximate surface area is 77.0 Å². The topological polar surface area (TPSA) is 29.5 Å². The number of ether oxygens (including phenoxy) is 1. The van der Waals surface area contributed by atoms with Crippen LogP contribution in [0.25, 0.3) is 0 Å². The van der Waals surface area contributed by atoms with E-state index in [-0.39, 0.29) is 0 Å². The third-order valence-corrected chi connectivity index (χ3v) is 1.71. The van der Waals surface area contributed by atoms with Crippen molar-refractivity contribution in [3.63, 3.8) is 0 Å². The van der Waals surface area contributed by atoms with Gasteiger partial charge in [0.1, 0.15) is 11.9 Å². The van der Waals surface area contributed by atoms with Crippen LogP contribution in [0, 0.1) is 0 Å². The van der Waals surface area contributed by atoms with Crippen LogP contribution >= 0.6 is 0 Å². The molecule has 0 spiro atoms. The molecule has 0 aliphatic heterocycles. The van der Waals surface area contributed by atoms with Crippen molar-refractivity contribution in [2.75, 3.05) is 13.2 Å². The van der Waals surface area contributed by atoms with Crippen molar-refractivity contribution in [3.05, 3.63) is 29.8 Å². The lowest BCUT2D eigenvalue weighted by Crippen LogP contribution is -1.97. The molecule has 1 rings (SSSR count).